The van der Waals surface area contributed by atoms with Crippen LogP contribution in [0.1, 0.15) is 39.3 Å². The molecule has 3 N–H and O–H groups in total. The summed E-state index contributed by atoms with van der Waals surface area (Å²) >= 11 is 0. The van der Waals surface area contributed by atoms with Gasteiger partial charge in [0.1, 0.15) is 0 Å². The number of rotatable bonds is 10. The maximum atomic E-state index is 12.2. The van der Waals surface area contributed by atoms with E-state index >= 15 is 0 Å². The molecular weight excluding hydrogens is 290 g/mol. The number of nitrogens with one attached hydrogen (secondary N) is 1. The number of sulfonamides is 1. The largest absolute Gasteiger partial charge is 0.379 e. The Kier molecular flexibility index (Phi) is 7.37. The highest BCUT2D eigenvalue weighted by Crippen LogP contribution is 2.14. The van der Waals surface area contributed by atoms with E-state index in [9.17, 15) is 8.42 Å². The molecule has 1 rings (SSSR count). The van der Waals surface area contributed by atoms with Crippen LogP contribution in [0.3, 0.4) is 0 Å². The number of hydrogen-bond donors (Lipinski definition) is 2. The van der Waals surface area contributed by atoms with Crippen LogP contribution in [0.15, 0.2) is 17.2 Å². The van der Waals surface area contributed by atoms with Crippen LogP contribution in [0.25, 0.3) is 0 Å². The zero-order chi connectivity index (χ0) is 15.9. The molecule has 1 aromatic rings. The zero-order valence-electron chi connectivity index (χ0n) is 13.1. The van der Waals surface area contributed by atoms with Crippen molar-refractivity contribution >= 4 is 10.0 Å². The van der Waals surface area contributed by atoms with E-state index in [4.69, 9.17) is 10.5 Å². The number of aryl methyl sites for hydroxylation is 1. The lowest BCUT2D eigenvalue weighted by Gasteiger charge is -2.08. The number of nitrogens with zero attached hydrogens (tertiary/aromatic N) is 1. The van der Waals surface area contributed by atoms with E-state index in [1.54, 1.807) is 12.3 Å². The smallest absolute Gasteiger partial charge is 0.242 e. The summed E-state index contributed by atoms with van der Waals surface area (Å²) in [5.74, 6) is 0. The van der Waals surface area contributed by atoms with Gasteiger partial charge in [0.2, 0.25) is 10.0 Å². The summed E-state index contributed by atoms with van der Waals surface area (Å²) in [6, 6.07) is 1.63. The third kappa shape index (κ3) is 5.78. The minimum Gasteiger partial charge on any atom is -0.379 e. The minimum atomic E-state index is -3.45. The quantitative estimate of drug-likeness (QED) is 0.640. The van der Waals surface area contributed by atoms with Gasteiger partial charge in [-0.2, -0.15) is 0 Å². The molecule has 0 unspecified atom stereocenters. The summed E-state index contributed by atoms with van der Waals surface area (Å²) in [6.07, 6.45) is 3.44. The molecule has 0 radical (unpaired) electrons. The number of ether oxygens (including phenoxy) is 1. The van der Waals surface area contributed by atoms with Gasteiger partial charge in [0.15, 0.2) is 0 Å². The molecule has 0 bridgehead atoms. The highest BCUT2D eigenvalue weighted by Gasteiger charge is 2.17. The van der Waals surface area contributed by atoms with Gasteiger partial charge >= 0.3 is 0 Å². The molecule has 0 amide bonds. The Morgan fingerprint density at radius 3 is 2.62 bits per heavy atom. The lowest BCUT2D eigenvalue weighted by molar-refractivity contribution is 0.0762. The first-order chi connectivity index (χ1) is 9.90. The molecule has 0 aliphatic carbocycles. The summed E-state index contributed by atoms with van der Waals surface area (Å²) in [4.78, 5) is 0.281. The summed E-state index contributed by atoms with van der Waals surface area (Å²) in [5, 5.41) is 0. The maximum Gasteiger partial charge on any atom is 0.242 e. The molecule has 0 atom stereocenters. The molecule has 6 nitrogen and oxygen atoms in total. The van der Waals surface area contributed by atoms with Crippen LogP contribution in [0, 0.1) is 0 Å². The molecule has 0 saturated carbocycles. The highest BCUT2D eigenvalue weighted by atomic mass is 32.2. The summed E-state index contributed by atoms with van der Waals surface area (Å²) < 4.78 is 34.2. The Morgan fingerprint density at radius 1 is 1.38 bits per heavy atom. The van der Waals surface area contributed by atoms with E-state index in [-0.39, 0.29) is 11.0 Å². The molecule has 0 fully saturated rings. The molecule has 1 heterocycles. The molecule has 0 aliphatic rings. The number of hydrogen-bond acceptors (Lipinski definition) is 4. The molecule has 0 aromatic carbocycles. The van der Waals surface area contributed by atoms with E-state index in [0.29, 0.717) is 26.2 Å². The topological polar surface area (TPSA) is 86.3 Å². The first-order valence-electron chi connectivity index (χ1n) is 7.41. The maximum absolute atomic E-state index is 12.2. The second-order valence-corrected chi connectivity index (χ2v) is 6.95. The van der Waals surface area contributed by atoms with Crippen molar-refractivity contribution in [2.75, 3.05) is 13.2 Å². The van der Waals surface area contributed by atoms with Gasteiger partial charge in [-0.05, 0) is 39.7 Å². The Labute approximate surface area is 127 Å². The predicted molar refractivity (Wildman–Crippen MR) is 83.5 cm³/mol. The summed E-state index contributed by atoms with van der Waals surface area (Å²) in [7, 11) is -3.45. The third-order valence-corrected chi connectivity index (χ3v) is 4.56. The van der Waals surface area contributed by atoms with Gasteiger partial charge in [-0.15, -0.1) is 0 Å². The minimum absolute atomic E-state index is 0.213. The van der Waals surface area contributed by atoms with Crippen molar-refractivity contribution in [1.82, 2.24) is 9.29 Å². The first kappa shape index (κ1) is 18.2. The number of nitrogens with two attached hydrogens (primary N) is 1. The molecule has 21 heavy (non-hydrogen) atoms. The Balaban J connectivity index is 2.48. The third-order valence-electron chi connectivity index (χ3n) is 3.14. The standard InChI is InChI=1S/C14H27N3O3S/c1-4-17-11-14(9-13(17)10-15)21(18,19)16-7-5-6-8-20-12(2)3/h9,11-12,16H,4-8,10,15H2,1-3H3. The van der Waals surface area contributed by atoms with Crippen LogP contribution in [0.5, 0.6) is 0 Å². The average Bonchev–Trinajstić information content (AvgIpc) is 2.86. The fraction of sp³-hybridized carbons (Fsp3) is 0.714. The fourth-order valence-corrected chi connectivity index (χ4v) is 3.11. The van der Waals surface area contributed by atoms with Crippen LogP contribution in [-0.2, 0) is 27.8 Å². The van der Waals surface area contributed by atoms with Gasteiger partial charge in [0.05, 0.1) is 11.0 Å². The van der Waals surface area contributed by atoms with Crippen LogP contribution in [0.4, 0.5) is 0 Å². The van der Waals surface area contributed by atoms with E-state index in [2.05, 4.69) is 4.72 Å². The highest BCUT2D eigenvalue weighted by molar-refractivity contribution is 7.89. The van der Waals surface area contributed by atoms with Gasteiger partial charge < -0.3 is 15.0 Å². The van der Waals surface area contributed by atoms with Crippen molar-refractivity contribution < 1.29 is 13.2 Å². The van der Waals surface area contributed by atoms with Gasteiger partial charge in [-0.1, -0.05) is 0 Å². The van der Waals surface area contributed by atoms with Crippen molar-refractivity contribution in [1.29, 1.82) is 0 Å². The molecular formula is C14H27N3O3S. The van der Waals surface area contributed by atoms with Crippen molar-refractivity contribution in [2.45, 2.75) is 57.7 Å². The van der Waals surface area contributed by atoms with Crippen molar-refractivity contribution in [3.8, 4) is 0 Å². The molecule has 0 aliphatic heterocycles. The van der Waals surface area contributed by atoms with Crippen LogP contribution >= 0.6 is 0 Å². The monoisotopic (exact) mass is 317 g/mol. The van der Waals surface area contributed by atoms with E-state index in [1.165, 1.54) is 0 Å². The van der Waals surface area contributed by atoms with E-state index < -0.39 is 10.0 Å². The second-order valence-electron chi connectivity index (χ2n) is 5.18. The lowest BCUT2D eigenvalue weighted by atomic mass is 10.3. The van der Waals surface area contributed by atoms with Crippen LogP contribution in [0.2, 0.25) is 0 Å². The Hall–Kier alpha value is -0.890. The fourth-order valence-electron chi connectivity index (χ4n) is 1.97. The Bertz CT molecular complexity index is 502. The molecule has 1 aromatic heterocycles. The molecule has 7 heteroatoms. The van der Waals surface area contributed by atoms with Gasteiger partial charge in [0.25, 0.3) is 0 Å². The zero-order valence-corrected chi connectivity index (χ0v) is 13.9. The average molecular weight is 317 g/mol. The molecule has 122 valence electrons. The normalized spacial score (nSPS) is 12.2. The molecule has 0 spiro atoms. The lowest BCUT2D eigenvalue weighted by Crippen LogP contribution is -2.24. The number of unbranched alkanes of at least 4 members (excludes halogenated alkanes) is 1. The van der Waals surface area contributed by atoms with E-state index in [1.807, 2.05) is 25.3 Å². The number of aromatic nitrogens is 1. The van der Waals surface area contributed by atoms with Gasteiger partial charge in [0, 0.05) is 38.1 Å². The summed E-state index contributed by atoms with van der Waals surface area (Å²) in [6.45, 7) is 8.02. The Morgan fingerprint density at radius 2 is 2.10 bits per heavy atom. The van der Waals surface area contributed by atoms with Crippen LogP contribution in [-0.4, -0.2) is 32.2 Å². The van der Waals surface area contributed by atoms with E-state index in [0.717, 1.165) is 18.5 Å². The molecule has 0 saturated heterocycles. The van der Waals surface area contributed by atoms with Crippen molar-refractivity contribution in [3.63, 3.8) is 0 Å². The van der Waals surface area contributed by atoms with Gasteiger partial charge in [-0.3, -0.25) is 0 Å². The summed E-state index contributed by atoms with van der Waals surface area (Å²) in [5.41, 5.74) is 6.43. The SMILES string of the molecule is CCn1cc(S(=O)(=O)NCCCCOC(C)C)cc1CN. The first-order valence-corrected chi connectivity index (χ1v) is 8.89. The van der Waals surface area contributed by atoms with Gasteiger partial charge in [-0.25, -0.2) is 13.1 Å². The predicted octanol–water partition coefficient (Wildman–Crippen LogP) is 1.45. The van der Waals surface area contributed by atoms with Crippen LogP contribution < -0.4 is 10.5 Å². The van der Waals surface area contributed by atoms with Crippen molar-refractivity contribution in [3.05, 3.63) is 18.0 Å². The second kappa shape index (κ2) is 8.53. The van der Waals surface area contributed by atoms with Crippen molar-refractivity contribution in [2.24, 2.45) is 5.73 Å².